The smallest absolute Gasteiger partial charge is 0.326 e. The maximum absolute atomic E-state index is 12.0. The molecule has 0 amide bonds. The average Bonchev–Trinajstić information content (AvgIpc) is 2.22. The standard InChI is InChI=1S/C13H17NO4/c1-8(2)18-12(16)7-14-9(3)5-6-11(10(4)15)13(14)17/h5-6,8H,7H2,1-4H3. The van der Waals surface area contributed by atoms with Crippen LogP contribution in [-0.2, 0) is 16.1 Å². The minimum absolute atomic E-state index is 0.0814. The Labute approximate surface area is 105 Å². The normalized spacial score (nSPS) is 10.5. The van der Waals surface area contributed by atoms with Gasteiger partial charge in [0.05, 0.1) is 11.7 Å². The summed E-state index contributed by atoms with van der Waals surface area (Å²) in [4.78, 5) is 34.8. The van der Waals surface area contributed by atoms with Crippen LogP contribution in [-0.4, -0.2) is 22.4 Å². The van der Waals surface area contributed by atoms with Gasteiger partial charge in [-0.3, -0.25) is 14.4 Å². The number of carbonyl (C=O) groups is 2. The third kappa shape index (κ3) is 3.29. The number of ether oxygens (including phenoxy) is 1. The van der Waals surface area contributed by atoms with Gasteiger partial charge in [-0.2, -0.15) is 0 Å². The molecule has 0 N–H and O–H groups in total. The van der Waals surface area contributed by atoms with E-state index in [0.717, 1.165) is 0 Å². The van der Waals surface area contributed by atoms with Crippen LogP contribution in [0, 0.1) is 6.92 Å². The van der Waals surface area contributed by atoms with Crippen molar-refractivity contribution < 1.29 is 14.3 Å². The number of aryl methyl sites for hydroxylation is 1. The molecule has 0 aliphatic carbocycles. The molecule has 0 unspecified atom stereocenters. The van der Waals surface area contributed by atoms with Crippen molar-refractivity contribution in [3.63, 3.8) is 0 Å². The lowest BCUT2D eigenvalue weighted by Gasteiger charge is -2.12. The first kappa shape index (κ1) is 14.2. The zero-order chi connectivity index (χ0) is 13.9. The molecule has 5 heteroatoms. The zero-order valence-electron chi connectivity index (χ0n) is 11.0. The summed E-state index contributed by atoms with van der Waals surface area (Å²) >= 11 is 0. The molecule has 0 fully saturated rings. The fraction of sp³-hybridized carbons (Fsp3) is 0.462. The lowest BCUT2D eigenvalue weighted by Crippen LogP contribution is -2.31. The van der Waals surface area contributed by atoms with Crippen molar-refractivity contribution in [3.8, 4) is 0 Å². The molecule has 0 bridgehead atoms. The van der Waals surface area contributed by atoms with Crippen molar-refractivity contribution in [2.45, 2.75) is 40.3 Å². The van der Waals surface area contributed by atoms with Gasteiger partial charge in [0, 0.05) is 5.69 Å². The summed E-state index contributed by atoms with van der Waals surface area (Å²) in [7, 11) is 0. The Morgan fingerprint density at radius 3 is 2.44 bits per heavy atom. The first-order chi connectivity index (χ1) is 8.32. The van der Waals surface area contributed by atoms with Crippen molar-refractivity contribution in [1.82, 2.24) is 4.57 Å². The maximum atomic E-state index is 12.0. The van der Waals surface area contributed by atoms with Crippen LogP contribution in [0.4, 0.5) is 0 Å². The molecule has 0 spiro atoms. The summed E-state index contributed by atoms with van der Waals surface area (Å²) < 4.78 is 6.23. The first-order valence-corrected chi connectivity index (χ1v) is 5.73. The molecule has 0 radical (unpaired) electrons. The SMILES string of the molecule is CC(=O)c1ccc(C)n(CC(=O)OC(C)C)c1=O. The molecule has 1 heterocycles. The summed E-state index contributed by atoms with van der Waals surface area (Å²) in [5.41, 5.74) is 0.242. The van der Waals surface area contributed by atoms with Gasteiger partial charge in [0.25, 0.3) is 5.56 Å². The molecule has 0 atom stereocenters. The molecule has 0 aliphatic rings. The molecule has 1 rings (SSSR count). The summed E-state index contributed by atoms with van der Waals surface area (Å²) in [6.45, 7) is 6.32. The molecule has 18 heavy (non-hydrogen) atoms. The fourth-order valence-corrected chi connectivity index (χ4v) is 1.56. The highest BCUT2D eigenvalue weighted by Gasteiger charge is 2.14. The average molecular weight is 251 g/mol. The number of esters is 1. The number of rotatable bonds is 4. The molecule has 1 aromatic rings. The minimum atomic E-state index is -0.490. The van der Waals surface area contributed by atoms with Gasteiger partial charge in [-0.05, 0) is 39.8 Å². The van der Waals surface area contributed by atoms with E-state index in [4.69, 9.17) is 4.74 Å². The number of hydrogen-bond donors (Lipinski definition) is 0. The lowest BCUT2D eigenvalue weighted by molar-refractivity contribution is -0.148. The van der Waals surface area contributed by atoms with Crippen molar-refractivity contribution in [3.05, 3.63) is 33.7 Å². The van der Waals surface area contributed by atoms with Crippen molar-refractivity contribution in [1.29, 1.82) is 0 Å². The molecule has 5 nitrogen and oxygen atoms in total. The van der Waals surface area contributed by atoms with Crippen LogP contribution in [0.3, 0.4) is 0 Å². The van der Waals surface area contributed by atoms with Crippen molar-refractivity contribution in [2.75, 3.05) is 0 Å². The van der Waals surface area contributed by atoms with E-state index in [0.29, 0.717) is 5.69 Å². The highest BCUT2D eigenvalue weighted by atomic mass is 16.5. The van der Waals surface area contributed by atoms with Crippen LogP contribution < -0.4 is 5.56 Å². The predicted octanol–water partition coefficient (Wildman–Crippen LogP) is 1.31. The Kier molecular flexibility index (Phi) is 4.42. The van der Waals surface area contributed by atoms with Crippen LogP contribution in [0.5, 0.6) is 0 Å². The quantitative estimate of drug-likeness (QED) is 0.598. The van der Waals surface area contributed by atoms with E-state index in [1.54, 1.807) is 26.8 Å². The van der Waals surface area contributed by atoms with Crippen molar-refractivity contribution >= 4 is 11.8 Å². The van der Waals surface area contributed by atoms with E-state index < -0.39 is 11.5 Å². The highest BCUT2D eigenvalue weighted by molar-refractivity contribution is 5.93. The summed E-state index contributed by atoms with van der Waals surface area (Å²) in [6.07, 6.45) is -0.232. The number of nitrogens with zero attached hydrogens (tertiary/aromatic N) is 1. The van der Waals surface area contributed by atoms with Gasteiger partial charge in [-0.1, -0.05) is 0 Å². The molecular weight excluding hydrogens is 234 g/mol. The second kappa shape index (κ2) is 5.62. The molecule has 1 aromatic heterocycles. The van der Waals surface area contributed by atoms with E-state index in [9.17, 15) is 14.4 Å². The Hall–Kier alpha value is -1.91. The highest BCUT2D eigenvalue weighted by Crippen LogP contribution is 2.01. The monoisotopic (exact) mass is 251 g/mol. The van der Waals surface area contributed by atoms with Crippen LogP contribution in [0.1, 0.15) is 36.8 Å². The van der Waals surface area contributed by atoms with Crippen molar-refractivity contribution in [2.24, 2.45) is 0 Å². The molecule has 0 aliphatic heterocycles. The van der Waals surface area contributed by atoms with Gasteiger partial charge in [0.1, 0.15) is 6.54 Å². The van der Waals surface area contributed by atoms with E-state index >= 15 is 0 Å². The first-order valence-electron chi connectivity index (χ1n) is 5.73. The molecule has 0 saturated carbocycles. The van der Waals surface area contributed by atoms with Gasteiger partial charge in [-0.15, -0.1) is 0 Å². The minimum Gasteiger partial charge on any atom is -0.462 e. The molecule has 0 aromatic carbocycles. The Morgan fingerprint density at radius 2 is 1.94 bits per heavy atom. The van der Waals surface area contributed by atoms with E-state index in [2.05, 4.69) is 0 Å². The van der Waals surface area contributed by atoms with Crippen LogP contribution in [0.15, 0.2) is 16.9 Å². The Bertz CT molecular complexity index is 528. The number of carbonyl (C=O) groups excluding carboxylic acids is 2. The maximum Gasteiger partial charge on any atom is 0.326 e. The van der Waals surface area contributed by atoms with Gasteiger partial charge in [0.2, 0.25) is 0 Å². The van der Waals surface area contributed by atoms with Crippen LogP contribution in [0.25, 0.3) is 0 Å². The summed E-state index contributed by atoms with van der Waals surface area (Å²) in [5, 5.41) is 0. The van der Waals surface area contributed by atoms with Gasteiger partial charge in [-0.25, -0.2) is 0 Å². The van der Waals surface area contributed by atoms with Gasteiger partial charge >= 0.3 is 5.97 Å². The van der Waals surface area contributed by atoms with E-state index in [-0.39, 0.29) is 24.0 Å². The van der Waals surface area contributed by atoms with Gasteiger partial charge in [0.15, 0.2) is 5.78 Å². The second-order valence-corrected chi connectivity index (χ2v) is 4.37. The lowest BCUT2D eigenvalue weighted by atomic mass is 10.2. The number of aromatic nitrogens is 1. The Balaban J connectivity index is 3.09. The Morgan fingerprint density at radius 1 is 1.33 bits per heavy atom. The van der Waals surface area contributed by atoms with Gasteiger partial charge < -0.3 is 9.30 Å². The number of Topliss-reactive ketones (excluding diaryl/α,β-unsaturated/α-hetero) is 1. The van der Waals surface area contributed by atoms with E-state index in [1.807, 2.05) is 0 Å². The molecule has 98 valence electrons. The molecule has 0 saturated heterocycles. The van der Waals surface area contributed by atoms with Crippen LogP contribution in [0.2, 0.25) is 0 Å². The molecular formula is C13H17NO4. The third-order valence-corrected chi connectivity index (χ3v) is 2.43. The summed E-state index contributed by atoms with van der Waals surface area (Å²) in [5.74, 6) is -0.804. The van der Waals surface area contributed by atoms with E-state index in [1.165, 1.54) is 17.6 Å². The topological polar surface area (TPSA) is 65.4 Å². The predicted molar refractivity (Wildman–Crippen MR) is 66.7 cm³/mol. The second-order valence-electron chi connectivity index (χ2n) is 4.37. The largest absolute Gasteiger partial charge is 0.462 e. The summed E-state index contributed by atoms with van der Waals surface area (Å²) in [6, 6.07) is 3.12. The third-order valence-electron chi connectivity index (χ3n) is 2.43. The number of pyridine rings is 1. The number of ketones is 1. The zero-order valence-corrected chi connectivity index (χ0v) is 11.0. The number of hydrogen-bond acceptors (Lipinski definition) is 4. The fourth-order valence-electron chi connectivity index (χ4n) is 1.56. The van der Waals surface area contributed by atoms with Crippen LogP contribution >= 0.6 is 0 Å².